The summed E-state index contributed by atoms with van der Waals surface area (Å²) in [6.07, 6.45) is 9.71. The lowest BCUT2D eigenvalue weighted by Crippen LogP contribution is -2.24. The predicted molar refractivity (Wildman–Crippen MR) is 108 cm³/mol. The van der Waals surface area contributed by atoms with Crippen LogP contribution in [0.15, 0.2) is 30.9 Å². The Labute approximate surface area is 163 Å². The Hall–Kier alpha value is -3.16. The van der Waals surface area contributed by atoms with Gasteiger partial charge in [0.25, 0.3) is 0 Å². The lowest BCUT2D eigenvalue weighted by Gasteiger charge is -2.17. The number of amides is 1. The monoisotopic (exact) mass is 377 g/mol. The summed E-state index contributed by atoms with van der Waals surface area (Å²) >= 11 is 0. The lowest BCUT2D eigenvalue weighted by atomic mass is 10.1. The van der Waals surface area contributed by atoms with Gasteiger partial charge < -0.3 is 19.9 Å². The SMILES string of the molecule is CNc1cc(NCc2cn3cc(C4CC4)cc(N4CCCC4=O)c3n2)ncn1. The van der Waals surface area contributed by atoms with Gasteiger partial charge in [0.15, 0.2) is 5.65 Å². The van der Waals surface area contributed by atoms with Gasteiger partial charge in [0, 0.05) is 38.5 Å². The molecule has 1 saturated carbocycles. The second-order valence-corrected chi connectivity index (χ2v) is 7.44. The van der Waals surface area contributed by atoms with Crippen LogP contribution in [0.25, 0.3) is 5.65 Å². The van der Waals surface area contributed by atoms with Gasteiger partial charge in [-0.1, -0.05) is 0 Å². The smallest absolute Gasteiger partial charge is 0.227 e. The molecule has 1 saturated heterocycles. The molecule has 4 heterocycles. The van der Waals surface area contributed by atoms with Crippen molar-refractivity contribution in [1.29, 1.82) is 0 Å². The average molecular weight is 377 g/mol. The van der Waals surface area contributed by atoms with Crippen LogP contribution in [-0.4, -0.2) is 38.9 Å². The summed E-state index contributed by atoms with van der Waals surface area (Å²) in [7, 11) is 1.83. The van der Waals surface area contributed by atoms with Crippen molar-refractivity contribution in [3.05, 3.63) is 42.1 Å². The minimum absolute atomic E-state index is 0.193. The zero-order valence-corrected chi connectivity index (χ0v) is 15.9. The highest BCUT2D eigenvalue weighted by Gasteiger charge is 2.29. The second kappa shape index (κ2) is 6.78. The fourth-order valence-corrected chi connectivity index (χ4v) is 3.75. The van der Waals surface area contributed by atoms with E-state index in [4.69, 9.17) is 4.98 Å². The number of hydrogen-bond donors (Lipinski definition) is 2. The molecule has 5 rings (SSSR count). The molecule has 0 bridgehead atoms. The van der Waals surface area contributed by atoms with E-state index in [-0.39, 0.29) is 5.91 Å². The third kappa shape index (κ3) is 3.15. The van der Waals surface area contributed by atoms with Crippen LogP contribution >= 0.6 is 0 Å². The minimum Gasteiger partial charge on any atom is -0.373 e. The lowest BCUT2D eigenvalue weighted by molar-refractivity contribution is -0.117. The highest BCUT2D eigenvalue weighted by Crippen LogP contribution is 2.42. The molecule has 0 atom stereocenters. The summed E-state index contributed by atoms with van der Waals surface area (Å²) < 4.78 is 2.07. The maximum atomic E-state index is 12.3. The molecule has 2 fully saturated rings. The number of anilines is 3. The van der Waals surface area contributed by atoms with Gasteiger partial charge in [-0.2, -0.15) is 0 Å². The molecular weight excluding hydrogens is 354 g/mol. The summed E-state index contributed by atoms with van der Waals surface area (Å²) in [5, 5.41) is 6.30. The van der Waals surface area contributed by atoms with Crippen molar-refractivity contribution in [3.63, 3.8) is 0 Å². The highest BCUT2D eigenvalue weighted by atomic mass is 16.2. The summed E-state index contributed by atoms with van der Waals surface area (Å²) in [6, 6.07) is 4.03. The molecule has 1 aliphatic heterocycles. The first-order valence-electron chi connectivity index (χ1n) is 9.77. The molecule has 8 nitrogen and oxygen atoms in total. The number of pyridine rings is 1. The number of carbonyl (C=O) groups is 1. The van der Waals surface area contributed by atoms with Gasteiger partial charge in [0.1, 0.15) is 18.0 Å². The van der Waals surface area contributed by atoms with Gasteiger partial charge in [-0.25, -0.2) is 15.0 Å². The number of imidazole rings is 1. The molecule has 0 radical (unpaired) electrons. The van der Waals surface area contributed by atoms with Crippen LogP contribution in [0, 0.1) is 0 Å². The molecule has 1 amide bonds. The molecule has 0 unspecified atom stereocenters. The Kier molecular flexibility index (Phi) is 4.11. The molecule has 0 aromatic carbocycles. The Morgan fingerprint density at radius 1 is 1.18 bits per heavy atom. The van der Waals surface area contributed by atoms with Gasteiger partial charge in [-0.3, -0.25) is 4.79 Å². The van der Waals surface area contributed by atoms with Gasteiger partial charge in [0.2, 0.25) is 5.91 Å². The fraction of sp³-hybridized carbons (Fsp3) is 0.400. The number of hydrogen-bond acceptors (Lipinski definition) is 6. The molecule has 144 valence electrons. The van der Waals surface area contributed by atoms with Crippen molar-refractivity contribution < 1.29 is 4.79 Å². The Bertz CT molecular complexity index is 1040. The van der Waals surface area contributed by atoms with Crippen LogP contribution in [0.4, 0.5) is 17.3 Å². The van der Waals surface area contributed by atoms with Gasteiger partial charge in [-0.05, 0) is 36.8 Å². The second-order valence-electron chi connectivity index (χ2n) is 7.44. The molecule has 0 spiro atoms. The molecule has 3 aromatic heterocycles. The molecular formula is C20H23N7O. The fourth-order valence-electron chi connectivity index (χ4n) is 3.75. The zero-order valence-electron chi connectivity index (χ0n) is 15.9. The van der Waals surface area contributed by atoms with Crippen LogP contribution in [0.1, 0.15) is 42.9 Å². The van der Waals surface area contributed by atoms with Crippen molar-refractivity contribution in [2.75, 3.05) is 29.1 Å². The van der Waals surface area contributed by atoms with Crippen molar-refractivity contribution in [2.45, 2.75) is 38.1 Å². The summed E-state index contributed by atoms with van der Waals surface area (Å²) in [5.41, 5.74) is 3.99. The Morgan fingerprint density at radius 2 is 2.04 bits per heavy atom. The topological polar surface area (TPSA) is 87.5 Å². The van der Waals surface area contributed by atoms with E-state index >= 15 is 0 Å². The Morgan fingerprint density at radius 3 is 2.79 bits per heavy atom. The van der Waals surface area contributed by atoms with E-state index in [1.807, 2.05) is 24.2 Å². The number of nitrogens with zero attached hydrogens (tertiary/aromatic N) is 5. The van der Waals surface area contributed by atoms with E-state index < -0.39 is 0 Å². The third-order valence-electron chi connectivity index (χ3n) is 5.39. The number of nitrogens with one attached hydrogen (secondary N) is 2. The van der Waals surface area contributed by atoms with Crippen LogP contribution in [0.2, 0.25) is 0 Å². The molecule has 2 aliphatic rings. The molecule has 3 aromatic rings. The largest absolute Gasteiger partial charge is 0.373 e. The van der Waals surface area contributed by atoms with Gasteiger partial charge >= 0.3 is 0 Å². The van der Waals surface area contributed by atoms with E-state index in [9.17, 15) is 4.79 Å². The van der Waals surface area contributed by atoms with Gasteiger partial charge in [-0.15, -0.1) is 0 Å². The van der Waals surface area contributed by atoms with Crippen molar-refractivity contribution in [1.82, 2.24) is 19.4 Å². The van der Waals surface area contributed by atoms with Crippen LogP contribution in [0.3, 0.4) is 0 Å². The Balaban J connectivity index is 1.46. The minimum atomic E-state index is 0.193. The number of fused-ring (bicyclic) bond motifs is 1. The van der Waals surface area contributed by atoms with Crippen LogP contribution in [0.5, 0.6) is 0 Å². The summed E-state index contributed by atoms with van der Waals surface area (Å²) in [6.45, 7) is 1.32. The number of carbonyl (C=O) groups excluding carboxylic acids is 1. The van der Waals surface area contributed by atoms with Crippen molar-refractivity contribution >= 4 is 28.9 Å². The third-order valence-corrected chi connectivity index (χ3v) is 5.39. The van der Waals surface area contributed by atoms with E-state index in [1.165, 1.54) is 24.7 Å². The maximum absolute atomic E-state index is 12.3. The summed E-state index contributed by atoms with van der Waals surface area (Å²) in [5.74, 6) is 2.31. The quantitative estimate of drug-likeness (QED) is 0.687. The maximum Gasteiger partial charge on any atom is 0.227 e. The van der Waals surface area contributed by atoms with E-state index in [2.05, 4.69) is 37.3 Å². The molecule has 1 aliphatic carbocycles. The summed E-state index contributed by atoms with van der Waals surface area (Å²) in [4.78, 5) is 27.4. The standard InChI is InChI=1S/C20H23N7O/c1-21-17-8-18(24-12-23-17)22-9-15-11-26-10-14(13-4-5-13)7-16(20(26)25-15)27-6-2-3-19(27)28/h7-8,10-13H,2-6,9H2,1H3,(H2,21,22,23,24). The predicted octanol–water partition coefficient (Wildman–Crippen LogP) is 2.78. The number of rotatable bonds is 6. The highest BCUT2D eigenvalue weighted by molar-refractivity contribution is 5.98. The van der Waals surface area contributed by atoms with Crippen LogP contribution in [-0.2, 0) is 11.3 Å². The van der Waals surface area contributed by atoms with Crippen molar-refractivity contribution in [2.24, 2.45) is 0 Å². The van der Waals surface area contributed by atoms with E-state index in [0.29, 0.717) is 18.9 Å². The van der Waals surface area contributed by atoms with E-state index in [1.54, 1.807) is 0 Å². The zero-order chi connectivity index (χ0) is 19.1. The van der Waals surface area contributed by atoms with Gasteiger partial charge in [0.05, 0.1) is 17.9 Å². The van der Waals surface area contributed by atoms with Crippen LogP contribution < -0.4 is 15.5 Å². The average Bonchev–Trinajstić information content (AvgIpc) is 3.35. The number of aromatic nitrogens is 4. The first kappa shape index (κ1) is 17.0. The first-order valence-corrected chi connectivity index (χ1v) is 9.77. The normalized spacial score (nSPS) is 16.8. The van der Waals surface area contributed by atoms with Crippen molar-refractivity contribution in [3.8, 4) is 0 Å². The molecule has 28 heavy (non-hydrogen) atoms. The molecule has 8 heteroatoms. The van der Waals surface area contributed by atoms with E-state index in [0.717, 1.165) is 41.6 Å². The molecule has 2 N–H and O–H groups in total. The first-order chi connectivity index (χ1) is 13.7.